The molecule has 2 aliphatic carbocycles. The molecule has 156 valence electrons. The standard InChI is InChI=1S/C21H37NO5/c1-14-11-15-13-17(24)21(26)8-6-10-22(18(25)27-19(2,3)4)9-5-7-20(15,21)16(23)12-14/h14-17,23-24,26H,5-13H2,1-4H3/t14?,15-,16?,17-,20?,21-/m0/s1. The van der Waals surface area contributed by atoms with Crippen molar-refractivity contribution in [3.8, 4) is 0 Å². The fraction of sp³-hybridized carbons (Fsp3) is 0.952. The molecule has 3 rings (SSSR count). The summed E-state index contributed by atoms with van der Waals surface area (Å²) in [6.45, 7) is 8.75. The molecule has 1 heterocycles. The normalized spacial score (nSPS) is 43.1. The molecule has 0 aromatic carbocycles. The third-order valence-corrected chi connectivity index (χ3v) is 7.16. The predicted octanol–water partition coefficient (Wildman–Crippen LogP) is 2.69. The number of hydrogen-bond acceptors (Lipinski definition) is 5. The third-order valence-electron chi connectivity index (χ3n) is 7.16. The Morgan fingerprint density at radius 2 is 1.67 bits per heavy atom. The number of aliphatic hydroxyl groups is 3. The van der Waals surface area contributed by atoms with Crippen LogP contribution in [0.25, 0.3) is 0 Å². The van der Waals surface area contributed by atoms with E-state index in [9.17, 15) is 20.1 Å². The van der Waals surface area contributed by atoms with Crippen molar-refractivity contribution in [3.63, 3.8) is 0 Å². The molecule has 27 heavy (non-hydrogen) atoms. The van der Waals surface area contributed by atoms with Gasteiger partial charge in [-0.2, -0.15) is 0 Å². The van der Waals surface area contributed by atoms with Crippen molar-refractivity contribution < 1.29 is 24.9 Å². The highest BCUT2D eigenvalue weighted by Crippen LogP contribution is 2.62. The zero-order valence-electron chi connectivity index (χ0n) is 17.3. The largest absolute Gasteiger partial charge is 0.444 e. The molecule has 1 amide bonds. The summed E-state index contributed by atoms with van der Waals surface area (Å²) in [7, 11) is 0. The smallest absolute Gasteiger partial charge is 0.410 e. The number of carbonyl (C=O) groups is 1. The number of ether oxygens (including phenoxy) is 1. The predicted molar refractivity (Wildman–Crippen MR) is 102 cm³/mol. The van der Waals surface area contributed by atoms with Gasteiger partial charge in [-0.3, -0.25) is 0 Å². The SMILES string of the molecule is CC1CC(O)C23CCCN(C(=O)OC(C)(C)C)CCC[C@]2(O)[C@@H](O)C[C@@H]3C1. The van der Waals surface area contributed by atoms with Gasteiger partial charge < -0.3 is 25.0 Å². The van der Waals surface area contributed by atoms with Crippen molar-refractivity contribution in [2.24, 2.45) is 17.3 Å². The molecule has 2 saturated carbocycles. The quantitative estimate of drug-likeness (QED) is 0.598. The first-order valence-electron chi connectivity index (χ1n) is 10.6. The van der Waals surface area contributed by atoms with Gasteiger partial charge in [-0.05, 0) is 77.6 Å². The lowest BCUT2D eigenvalue weighted by Gasteiger charge is -2.53. The third kappa shape index (κ3) is 3.60. The maximum absolute atomic E-state index is 12.5. The molecule has 6 heteroatoms. The van der Waals surface area contributed by atoms with Gasteiger partial charge in [-0.25, -0.2) is 4.79 Å². The van der Waals surface area contributed by atoms with Crippen LogP contribution >= 0.6 is 0 Å². The Hall–Kier alpha value is -0.850. The maximum atomic E-state index is 12.5. The van der Waals surface area contributed by atoms with E-state index < -0.39 is 28.8 Å². The van der Waals surface area contributed by atoms with Gasteiger partial charge in [0.05, 0.1) is 17.8 Å². The summed E-state index contributed by atoms with van der Waals surface area (Å²) in [4.78, 5) is 14.2. The summed E-state index contributed by atoms with van der Waals surface area (Å²) in [5, 5.41) is 33.5. The molecule has 6 nitrogen and oxygen atoms in total. The summed E-state index contributed by atoms with van der Waals surface area (Å²) < 4.78 is 5.52. The van der Waals surface area contributed by atoms with Gasteiger partial charge >= 0.3 is 6.09 Å². The summed E-state index contributed by atoms with van der Waals surface area (Å²) in [5.74, 6) is 0.528. The maximum Gasteiger partial charge on any atom is 0.410 e. The number of rotatable bonds is 0. The van der Waals surface area contributed by atoms with Gasteiger partial charge in [0, 0.05) is 18.5 Å². The number of carbonyl (C=O) groups excluding carboxylic acids is 1. The highest BCUT2D eigenvalue weighted by molar-refractivity contribution is 5.68. The highest BCUT2D eigenvalue weighted by Gasteiger charge is 2.67. The monoisotopic (exact) mass is 383 g/mol. The molecule has 0 radical (unpaired) electrons. The van der Waals surface area contributed by atoms with Crippen LogP contribution in [0.1, 0.15) is 72.6 Å². The number of nitrogens with zero attached hydrogens (tertiary/aromatic N) is 1. The van der Waals surface area contributed by atoms with Crippen LogP contribution < -0.4 is 0 Å². The molecular weight excluding hydrogens is 346 g/mol. The summed E-state index contributed by atoms with van der Waals surface area (Å²) >= 11 is 0. The van der Waals surface area contributed by atoms with E-state index in [2.05, 4.69) is 6.92 Å². The van der Waals surface area contributed by atoms with E-state index in [0.29, 0.717) is 57.5 Å². The van der Waals surface area contributed by atoms with E-state index in [0.717, 1.165) is 6.42 Å². The molecule has 3 N–H and O–H groups in total. The summed E-state index contributed by atoms with van der Waals surface area (Å²) in [6.07, 6.45) is 2.72. The molecule has 3 aliphatic rings. The number of aliphatic hydroxyl groups excluding tert-OH is 2. The van der Waals surface area contributed by atoms with Crippen LogP contribution in [0, 0.1) is 17.3 Å². The molecule has 3 unspecified atom stereocenters. The molecule has 1 spiro atoms. The zero-order chi connectivity index (χ0) is 20.0. The minimum atomic E-state index is -1.28. The minimum absolute atomic E-state index is 0.129. The Morgan fingerprint density at radius 1 is 1.04 bits per heavy atom. The van der Waals surface area contributed by atoms with E-state index >= 15 is 0 Å². The second-order valence-electron chi connectivity index (χ2n) is 10.2. The van der Waals surface area contributed by atoms with Crippen LogP contribution in [-0.4, -0.2) is 62.8 Å². The molecule has 0 aromatic rings. The topological polar surface area (TPSA) is 90.2 Å². The Balaban J connectivity index is 1.82. The van der Waals surface area contributed by atoms with Crippen molar-refractivity contribution >= 4 is 6.09 Å². The summed E-state index contributed by atoms with van der Waals surface area (Å²) in [5.41, 5.74) is -2.48. The van der Waals surface area contributed by atoms with E-state index in [-0.39, 0.29) is 12.0 Å². The fourth-order valence-electron chi connectivity index (χ4n) is 6.09. The van der Waals surface area contributed by atoms with Gasteiger partial charge in [0.15, 0.2) is 0 Å². The second-order valence-corrected chi connectivity index (χ2v) is 10.2. The van der Waals surface area contributed by atoms with E-state index in [1.165, 1.54) is 0 Å². The average molecular weight is 384 g/mol. The summed E-state index contributed by atoms with van der Waals surface area (Å²) in [6, 6.07) is 0. The first kappa shape index (κ1) is 20.9. The highest BCUT2D eigenvalue weighted by atomic mass is 16.6. The minimum Gasteiger partial charge on any atom is -0.444 e. The number of hydrogen-bond donors (Lipinski definition) is 3. The molecule has 1 aliphatic heterocycles. The zero-order valence-corrected chi connectivity index (χ0v) is 17.3. The Labute approximate surface area is 162 Å². The van der Waals surface area contributed by atoms with Crippen molar-refractivity contribution in [2.45, 2.75) is 96.1 Å². The average Bonchev–Trinajstić information content (AvgIpc) is 2.77. The van der Waals surface area contributed by atoms with Crippen LogP contribution in [0.3, 0.4) is 0 Å². The molecule has 6 atom stereocenters. The lowest BCUT2D eigenvalue weighted by molar-refractivity contribution is -0.197. The van der Waals surface area contributed by atoms with Crippen molar-refractivity contribution in [1.82, 2.24) is 4.90 Å². The van der Waals surface area contributed by atoms with Gasteiger partial charge in [0.2, 0.25) is 0 Å². The van der Waals surface area contributed by atoms with Gasteiger partial charge in [0.1, 0.15) is 5.60 Å². The van der Waals surface area contributed by atoms with Gasteiger partial charge in [-0.1, -0.05) is 6.92 Å². The van der Waals surface area contributed by atoms with Crippen LogP contribution in [0.5, 0.6) is 0 Å². The fourth-order valence-corrected chi connectivity index (χ4v) is 6.09. The Bertz CT molecular complexity index is 561. The van der Waals surface area contributed by atoms with Crippen LogP contribution in [-0.2, 0) is 4.74 Å². The first-order valence-corrected chi connectivity index (χ1v) is 10.6. The van der Waals surface area contributed by atoms with E-state index in [1.54, 1.807) is 4.90 Å². The molecule has 1 saturated heterocycles. The van der Waals surface area contributed by atoms with Gasteiger partial charge in [0.25, 0.3) is 0 Å². The second kappa shape index (κ2) is 7.20. The Morgan fingerprint density at radius 3 is 2.30 bits per heavy atom. The van der Waals surface area contributed by atoms with Crippen LogP contribution in [0.2, 0.25) is 0 Å². The van der Waals surface area contributed by atoms with Crippen molar-refractivity contribution in [1.29, 1.82) is 0 Å². The van der Waals surface area contributed by atoms with Gasteiger partial charge in [-0.15, -0.1) is 0 Å². The van der Waals surface area contributed by atoms with Crippen molar-refractivity contribution in [2.75, 3.05) is 13.1 Å². The van der Waals surface area contributed by atoms with Crippen molar-refractivity contribution in [3.05, 3.63) is 0 Å². The van der Waals surface area contributed by atoms with E-state index in [4.69, 9.17) is 4.74 Å². The lowest BCUT2D eigenvalue weighted by atomic mass is 9.55. The van der Waals surface area contributed by atoms with E-state index in [1.807, 2.05) is 20.8 Å². The molecule has 0 bridgehead atoms. The lowest BCUT2D eigenvalue weighted by Crippen LogP contribution is -2.60. The van der Waals surface area contributed by atoms with Crippen LogP contribution in [0.15, 0.2) is 0 Å². The Kier molecular flexibility index (Phi) is 5.56. The molecular formula is C21H37NO5. The number of amides is 1. The molecule has 0 aromatic heterocycles. The first-order chi connectivity index (χ1) is 12.5. The van der Waals surface area contributed by atoms with Crippen LogP contribution in [0.4, 0.5) is 4.79 Å². The molecule has 3 fully saturated rings.